The van der Waals surface area contributed by atoms with Gasteiger partial charge in [-0.3, -0.25) is 14.4 Å². The zero-order chi connectivity index (χ0) is 32.9. The summed E-state index contributed by atoms with van der Waals surface area (Å²) in [5.74, 6) is -2.11. The summed E-state index contributed by atoms with van der Waals surface area (Å²) in [4.78, 5) is 37.2. The van der Waals surface area contributed by atoms with E-state index in [1.54, 1.807) is 30.3 Å². The minimum Gasteiger partial charge on any atom is -0.390 e. The molecular formula is C31H36N4O8S2. The molecule has 12 nitrogen and oxygen atoms in total. The zero-order valence-electron chi connectivity index (χ0n) is 25.1. The second-order valence-electron chi connectivity index (χ2n) is 11.2. The molecule has 240 valence electrons. The lowest BCUT2D eigenvalue weighted by atomic mass is 10.0. The Bertz CT molecular complexity index is 1760. The fourth-order valence-corrected chi connectivity index (χ4v) is 8.14. The number of nitrogens with one attached hydrogen (secondary N) is 2. The average Bonchev–Trinajstić information content (AvgIpc) is 3.17. The van der Waals surface area contributed by atoms with Crippen LogP contribution >= 0.6 is 0 Å². The van der Waals surface area contributed by atoms with Gasteiger partial charge in [-0.15, -0.1) is 0 Å². The summed E-state index contributed by atoms with van der Waals surface area (Å²) in [5.41, 5.74) is 1.11. The standard InChI is InChI=1S/C31H36N4O8S2/c1-21(2)18-34(44(40,41)25-15-13-24(14-16-25)32-22(3)36)19-28(37)27(17-23-9-5-4-6-10-23)33-30(38)20-35-31(39)26-11-7-8-12-29(26)45(35,42)43/h4-16,21,27-28,37H,17-20H2,1-3H3,(H,32,36)(H,33,38)/t27-,28+/m0/s1. The van der Waals surface area contributed by atoms with Crippen molar-refractivity contribution >= 4 is 43.5 Å². The zero-order valence-corrected chi connectivity index (χ0v) is 26.7. The predicted molar refractivity (Wildman–Crippen MR) is 167 cm³/mol. The molecule has 3 aromatic rings. The van der Waals surface area contributed by atoms with E-state index in [4.69, 9.17) is 0 Å². The van der Waals surface area contributed by atoms with Crippen LogP contribution in [0.25, 0.3) is 0 Å². The number of carbonyl (C=O) groups excluding carboxylic acids is 3. The first-order valence-electron chi connectivity index (χ1n) is 14.3. The molecule has 1 aliphatic rings. The van der Waals surface area contributed by atoms with E-state index in [1.165, 1.54) is 55.5 Å². The molecule has 1 heterocycles. The number of sulfonamides is 2. The van der Waals surface area contributed by atoms with Crippen LogP contribution in [0.5, 0.6) is 0 Å². The molecule has 14 heteroatoms. The number of hydrogen-bond donors (Lipinski definition) is 3. The quantitative estimate of drug-likeness (QED) is 0.252. The fourth-order valence-electron chi connectivity index (χ4n) is 5.00. The van der Waals surface area contributed by atoms with E-state index < -0.39 is 57.1 Å². The Hall–Kier alpha value is -4.11. The van der Waals surface area contributed by atoms with Crippen molar-refractivity contribution in [1.82, 2.24) is 13.9 Å². The van der Waals surface area contributed by atoms with E-state index in [0.717, 1.165) is 9.87 Å². The lowest BCUT2D eigenvalue weighted by molar-refractivity contribution is -0.122. The molecule has 45 heavy (non-hydrogen) atoms. The Labute approximate surface area is 263 Å². The first-order chi connectivity index (χ1) is 21.2. The molecule has 4 rings (SSSR count). The van der Waals surface area contributed by atoms with E-state index in [-0.39, 0.29) is 40.1 Å². The summed E-state index contributed by atoms with van der Waals surface area (Å²) in [6.07, 6.45) is -1.33. The molecular weight excluding hydrogens is 620 g/mol. The highest BCUT2D eigenvalue weighted by Crippen LogP contribution is 2.29. The summed E-state index contributed by atoms with van der Waals surface area (Å²) < 4.78 is 55.0. The van der Waals surface area contributed by atoms with Crippen molar-refractivity contribution in [2.45, 2.75) is 49.1 Å². The summed E-state index contributed by atoms with van der Waals surface area (Å²) in [6, 6.07) is 19.1. The molecule has 1 aliphatic heterocycles. The Balaban J connectivity index is 1.57. The molecule has 0 fully saturated rings. The Morgan fingerprint density at radius 1 is 0.933 bits per heavy atom. The maximum atomic E-state index is 13.7. The van der Waals surface area contributed by atoms with E-state index in [9.17, 15) is 36.3 Å². The largest absolute Gasteiger partial charge is 0.390 e. The topological polar surface area (TPSA) is 170 Å². The Morgan fingerprint density at radius 3 is 2.16 bits per heavy atom. The highest BCUT2D eigenvalue weighted by atomic mass is 32.2. The van der Waals surface area contributed by atoms with Crippen molar-refractivity contribution in [1.29, 1.82) is 0 Å². The number of nitrogens with zero attached hydrogens (tertiary/aromatic N) is 2. The smallest absolute Gasteiger partial charge is 0.269 e. The van der Waals surface area contributed by atoms with Gasteiger partial charge in [-0.25, -0.2) is 21.1 Å². The van der Waals surface area contributed by atoms with Gasteiger partial charge < -0.3 is 15.7 Å². The summed E-state index contributed by atoms with van der Waals surface area (Å²) >= 11 is 0. The van der Waals surface area contributed by atoms with Gasteiger partial charge in [0.05, 0.1) is 22.6 Å². The third kappa shape index (κ3) is 7.95. The number of aliphatic hydroxyl groups excluding tert-OH is 1. The van der Waals surface area contributed by atoms with Crippen molar-refractivity contribution < 1.29 is 36.3 Å². The maximum absolute atomic E-state index is 13.7. The van der Waals surface area contributed by atoms with E-state index in [1.807, 2.05) is 13.8 Å². The van der Waals surface area contributed by atoms with Crippen molar-refractivity contribution in [3.05, 3.63) is 90.0 Å². The number of anilines is 1. The average molecular weight is 657 g/mol. The summed E-state index contributed by atoms with van der Waals surface area (Å²) in [6.45, 7) is 3.83. The van der Waals surface area contributed by atoms with E-state index in [0.29, 0.717) is 9.99 Å². The van der Waals surface area contributed by atoms with Crippen molar-refractivity contribution in [3.8, 4) is 0 Å². The number of benzene rings is 3. The minimum atomic E-state index is -4.25. The van der Waals surface area contributed by atoms with Gasteiger partial charge in [0.25, 0.3) is 15.9 Å². The van der Waals surface area contributed by atoms with Crippen LogP contribution in [-0.2, 0) is 36.1 Å². The van der Waals surface area contributed by atoms with Crippen LogP contribution in [0.2, 0.25) is 0 Å². The van der Waals surface area contributed by atoms with E-state index >= 15 is 0 Å². The molecule has 0 saturated heterocycles. The second kappa shape index (κ2) is 13.9. The number of aliphatic hydroxyl groups is 1. The molecule has 0 aromatic heterocycles. The normalized spacial score (nSPS) is 15.5. The Kier molecular flexibility index (Phi) is 10.4. The second-order valence-corrected chi connectivity index (χ2v) is 14.9. The van der Waals surface area contributed by atoms with Crippen LogP contribution in [0.4, 0.5) is 5.69 Å². The van der Waals surface area contributed by atoms with Gasteiger partial charge >= 0.3 is 0 Å². The predicted octanol–water partition coefficient (Wildman–Crippen LogP) is 2.22. The van der Waals surface area contributed by atoms with Gasteiger partial charge in [0.15, 0.2) is 0 Å². The molecule has 0 saturated carbocycles. The first-order valence-corrected chi connectivity index (χ1v) is 17.1. The minimum absolute atomic E-state index is 0.0363. The van der Waals surface area contributed by atoms with Crippen molar-refractivity contribution in [2.24, 2.45) is 5.92 Å². The van der Waals surface area contributed by atoms with Gasteiger partial charge in [-0.05, 0) is 54.3 Å². The van der Waals surface area contributed by atoms with Crippen molar-refractivity contribution in [3.63, 3.8) is 0 Å². The fraction of sp³-hybridized carbons (Fsp3) is 0.323. The summed E-state index contributed by atoms with van der Waals surface area (Å²) in [5, 5.41) is 16.7. The number of amides is 3. The molecule has 3 aromatic carbocycles. The number of rotatable bonds is 13. The lowest BCUT2D eigenvalue weighted by Gasteiger charge is -2.31. The molecule has 2 atom stereocenters. The van der Waals surface area contributed by atoms with Crippen LogP contribution in [0.1, 0.15) is 36.7 Å². The molecule has 0 unspecified atom stereocenters. The lowest BCUT2D eigenvalue weighted by Crippen LogP contribution is -2.53. The van der Waals surface area contributed by atoms with Gasteiger partial charge in [-0.2, -0.15) is 4.31 Å². The van der Waals surface area contributed by atoms with Gasteiger partial charge in [0, 0.05) is 25.7 Å². The third-order valence-corrected chi connectivity index (χ3v) is 10.7. The molecule has 0 radical (unpaired) electrons. The van der Waals surface area contributed by atoms with Crippen molar-refractivity contribution in [2.75, 3.05) is 25.0 Å². The summed E-state index contributed by atoms with van der Waals surface area (Å²) in [7, 11) is -8.38. The van der Waals surface area contributed by atoms with Gasteiger partial charge in [0.2, 0.25) is 21.8 Å². The van der Waals surface area contributed by atoms with Crippen LogP contribution in [0.15, 0.2) is 88.7 Å². The molecule has 0 aliphatic carbocycles. The molecule has 0 bridgehead atoms. The number of hydrogen-bond acceptors (Lipinski definition) is 8. The maximum Gasteiger partial charge on any atom is 0.269 e. The SMILES string of the molecule is CC(=O)Nc1ccc(S(=O)(=O)N(CC(C)C)C[C@@H](O)[C@H](Cc2ccccc2)NC(=O)CN2C(=O)c3ccccc3S2(=O)=O)cc1. The molecule has 3 N–H and O–H groups in total. The highest BCUT2D eigenvalue weighted by Gasteiger charge is 2.42. The third-order valence-electron chi connectivity index (χ3n) is 7.08. The van der Waals surface area contributed by atoms with Gasteiger partial charge in [-0.1, -0.05) is 56.3 Å². The van der Waals surface area contributed by atoms with Gasteiger partial charge in [0.1, 0.15) is 11.4 Å². The van der Waals surface area contributed by atoms with Crippen LogP contribution < -0.4 is 10.6 Å². The van der Waals surface area contributed by atoms with Crippen LogP contribution in [-0.4, -0.2) is 80.1 Å². The van der Waals surface area contributed by atoms with Crippen LogP contribution in [0.3, 0.4) is 0 Å². The van der Waals surface area contributed by atoms with E-state index in [2.05, 4.69) is 10.6 Å². The number of carbonyl (C=O) groups is 3. The molecule has 3 amide bonds. The monoisotopic (exact) mass is 656 g/mol. The first kappa shape index (κ1) is 33.8. The number of fused-ring (bicyclic) bond motifs is 1. The molecule has 0 spiro atoms. The van der Waals surface area contributed by atoms with Crippen LogP contribution in [0, 0.1) is 5.92 Å². The Morgan fingerprint density at radius 2 is 1.56 bits per heavy atom. The highest BCUT2D eigenvalue weighted by molar-refractivity contribution is 7.90.